The minimum Gasteiger partial charge on any atom is -0.329 e. The van der Waals surface area contributed by atoms with Crippen LogP contribution < -0.4 is 5.32 Å². The van der Waals surface area contributed by atoms with E-state index in [0.29, 0.717) is 17.7 Å². The molecule has 8 nitrogen and oxygen atoms in total. The molecule has 0 radical (unpaired) electrons. The van der Waals surface area contributed by atoms with Crippen molar-refractivity contribution >= 4 is 23.7 Å². The van der Waals surface area contributed by atoms with Crippen LogP contribution in [0.15, 0.2) is 29.7 Å². The molecule has 0 spiro atoms. The molecule has 3 amide bonds. The molecule has 3 rings (SSSR count). The fraction of sp³-hybridized carbons (Fsp3) is 0.400. The van der Waals surface area contributed by atoms with Gasteiger partial charge in [0.15, 0.2) is 11.0 Å². The summed E-state index contributed by atoms with van der Waals surface area (Å²) in [6.07, 6.45) is -1.08. The Labute approximate surface area is 156 Å². The maximum absolute atomic E-state index is 13.0. The molecule has 2 aromatic heterocycles. The summed E-state index contributed by atoms with van der Waals surface area (Å²) in [6, 6.07) is 2.66. The molecule has 1 saturated heterocycles. The maximum atomic E-state index is 13.0. The molecule has 144 valence electrons. The second kappa shape index (κ2) is 7.94. The zero-order valence-corrected chi connectivity index (χ0v) is 14.8. The van der Waals surface area contributed by atoms with Gasteiger partial charge in [-0.1, -0.05) is 11.8 Å². The van der Waals surface area contributed by atoms with Crippen LogP contribution in [0.4, 0.5) is 18.0 Å². The molecular weight excluding hydrogens is 385 g/mol. The van der Waals surface area contributed by atoms with E-state index in [4.69, 9.17) is 0 Å². The number of halogens is 3. The minimum absolute atomic E-state index is 0.0266. The van der Waals surface area contributed by atoms with Crippen LogP contribution in [0.1, 0.15) is 6.42 Å². The van der Waals surface area contributed by atoms with Gasteiger partial charge < -0.3 is 5.32 Å². The molecule has 1 aliphatic heterocycles. The molecule has 0 unspecified atom stereocenters. The van der Waals surface area contributed by atoms with Crippen LogP contribution in [0.2, 0.25) is 0 Å². The summed E-state index contributed by atoms with van der Waals surface area (Å²) in [4.78, 5) is 27.9. The third-order valence-electron chi connectivity index (χ3n) is 3.69. The van der Waals surface area contributed by atoms with Crippen LogP contribution >= 0.6 is 11.8 Å². The highest BCUT2D eigenvalue weighted by molar-refractivity contribution is 7.99. The number of thioether (sulfide) groups is 1. The van der Waals surface area contributed by atoms with E-state index >= 15 is 0 Å². The summed E-state index contributed by atoms with van der Waals surface area (Å²) in [6.45, 7) is -1.05. The number of amides is 3. The Bertz CT molecular complexity index is 811. The molecule has 3 heterocycles. The topological polar surface area (TPSA) is 93.0 Å². The third-order valence-corrected chi connectivity index (χ3v) is 4.74. The van der Waals surface area contributed by atoms with Crippen molar-refractivity contribution in [2.45, 2.75) is 24.3 Å². The number of carbonyl (C=O) groups is 2. The average Bonchev–Trinajstić information content (AvgIpc) is 3.15. The molecule has 0 bridgehead atoms. The first-order chi connectivity index (χ1) is 12.8. The third kappa shape index (κ3) is 4.76. The normalized spacial score (nSPS) is 14.7. The van der Waals surface area contributed by atoms with E-state index in [1.165, 1.54) is 12.4 Å². The lowest BCUT2D eigenvalue weighted by Gasteiger charge is -2.13. The van der Waals surface area contributed by atoms with E-state index in [0.717, 1.165) is 21.2 Å². The van der Waals surface area contributed by atoms with Crippen molar-refractivity contribution < 1.29 is 22.8 Å². The van der Waals surface area contributed by atoms with Gasteiger partial charge >= 0.3 is 12.2 Å². The number of hydrogen-bond donors (Lipinski definition) is 1. The first kappa shape index (κ1) is 19.1. The van der Waals surface area contributed by atoms with Crippen LogP contribution in [-0.2, 0) is 11.3 Å². The Balaban J connectivity index is 1.68. The standard InChI is InChI=1S/C15H15F3N6O2S/c16-15(17,18)9-24-12(10-2-4-19-5-3-10)21-22-14(24)27-7-1-6-23-11(25)8-20-13(23)26/h2-5H,1,6-9H2,(H,20,26). The van der Waals surface area contributed by atoms with Gasteiger partial charge in [0.25, 0.3) is 0 Å². The zero-order valence-electron chi connectivity index (χ0n) is 13.9. The van der Waals surface area contributed by atoms with Gasteiger partial charge in [-0.3, -0.25) is 19.2 Å². The Morgan fingerprint density at radius 1 is 1.19 bits per heavy atom. The predicted molar refractivity (Wildman–Crippen MR) is 89.8 cm³/mol. The quantitative estimate of drug-likeness (QED) is 0.434. The largest absolute Gasteiger partial charge is 0.406 e. The van der Waals surface area contributed by atoms with Gasteiger partial charge in [-0.2, -0.15) is 13.2 Å². The van der Waals surface area contributed by atoms with Crippen molar-refractivity contribution in [3.05, 3.63) is 24.5 Å². The highest BCUT2D eigenvalue weighted by Gasteiger charge is 2.32. The van der Waals surface area contributed by atoms with Gasteiger partial charge in [-0.05, 0) is 18.6 Å². The Kier molecular flexibility index (Phi) is 5.63. The average molecular weight is 400 g/mol. The molecule has 1 aliphatic rings. The van der Waals surface area contributed by atoms with Crippen molar-refractivity contribution in [1.82, 2.24) is 30.0 Å². The highest BCUT2D eigenvalue weighted by atomic mass is 32.2. The van der Waals surface area contributed by atoms with Gasteiger partial charge in [-0.25, -0.2) is 4.79 Å². The first-order valence-corrected chi connectivity index (χ1v) is 8.95. The van der Waals surface area contributed by atoms with E-state index < -0.39 is 18.8 Å². The smallest absolute Gasteiger partial charge is 0.329 e. The van der Waals surface area contributed by atoms with Gasteiger partial charge in [0.1, 0.15) is 6.54 Å². The van der Waals surface area contributed by atoms with Crippen LogP contribution in [0, 0.1) is 0 Å². The van der Waals surface area contributed by atoms with Gasteiger partial charge in [0, 0.05) is 30.3 Å². The molecule has 0 aromatic carbocycles. The summed E-state index contributed by atoms with van der Waals surface area (Å²) in [5, 5.41) is 10.3. The summed E-state index contributed by atoms with van der Waals surface area (Å²) in [7, 11) is 0. The summed E-state index contributed by atoms with van der Waals surface area (Å²) >= 11 is 1.09. The van der Waals surface area contributed by atoms with E-state index in [1.54, 1.807) is 12.1 Å². The van der Waals surface area contributed by atoms with E-state index in [1.807, 2.05) is 0 Å². The van der Waals surface area contributed by atoms with Crippen molar-refractivity contribution in [2.24, 2.45) is 0 Å². The second-order valence-corrected chi connectivity index (χ2v) is 6.71. The molecule has 0 saturated carbocycles. The monoisotopic (exact) mass is 400 g/mol. The van der Waals surface area contributed by atoms with E-state index in [-0.39, 0.29) is 30.0 Å². The number of alkyl halides is 3. The second-order valence-electron chi connectivity index (χ2n) is 5.65. The number of urea groups is 1. The van der Waals surface area contributed by atoms with Gasteiger partial charge in [0.05, 0.1) is 6.54 Å². The number of aromatic nitrogens is 4. The number of nitrogens with zero attached hydrogens (tertiary/aromatic N) is 5. The van der Waals surface area contributed by atoms with Crippen molar-refractivity contribution in [2.75, 3.05) is 18.8 Å². The van der Waals surface area contributed by atoms with Gasteiger partial charge in [0.2, 0.25) is 5.91 Å². The number of rotatable bonds is 7. The van der Waals surface area contributed by atoms with Crippen LogP contribution in [0.25, 0.3) is 11.4 Å². The van der Waals surface area contributed by atoms with E-state index in [9.17, 15) is 22.8 Å². The number of nitrogens with one attached hydrogen (secondary N) is 1. The lowest BCUT2D eigenvalue weighted by Crippen LogP contribution is -2.32. The number of carbonyl (C=O) groups excluding carboxylic acids is 2. The van der Waals surface area contributed by atoms with Crippen molar-refractivity contribution in [3.63, 3.8) is 0 Å². The number of hydrogen-bond acceptors (Lipinski definition) is 6. The highest BCUT2D eigenvalue weighted by Crippen LogP contribution is 2.28. The van der Waals surface area contributed by atoms with Crippen molar-refractivity contribution in [1.29, 1.82) is 0 Å². The van der Waals surface area contributed by atoms with Gasteiger partial charge in [-0.15, -0.1) is 10.2 Å². The Morgan fingerprint density at radius 2 is 1.93 bits per heavy atom. The first-order valence-electron chi connectivity index (χ1n) is 7.96. The lowest BCUT2D eigenvalue weighted by atomic mass is 10.2. The van der Waals surface area contributed by atoms with Crippen LogP contribution in [-0.4, -0.2) is 61.6 Å². The Hall–Kier alpha value is -2.63. The fourth-order valence-electron chi connectivity index (χ4n) is 2.50. The van der Waals surface area contributed by atoms with E-state index in [2.05, 4.69) is 20.5 Å². The molecule has 0 atom stereocenters. The SMILES string of the molecule is O=C1CNC(=O)N1CCCSc1nnc(-c2ccncc2)n1CC(F)(F)F. The van der Waals surface area contributed by atoms with Crippen molar-refractivity contribution in [3.8, 4) is 11.4 Å². The molecule has 2 aromatic rings. The predicted octanol–water partition coefficient (Wildman–Crippen LogP) is 1.94. The summed E-state index contributed by atoms with van der Waals surface area (Å²) in [5.41, 5.74) is 0.480. The summed E-state index contributed by atoms with van der Waals surface area (Å²) < 4.78 is 40.0. The molecule has 0 aliphatic carbocycles. The lowest BCUT2D eigenvalue weighted by molar-refractivity contribution is -0.141. The maximum Gasteiger partial charge on any atom is 0.406 e. The molecular formula is C15H15F3N6O2S. The molecule has 27 heavy (non-hydrogen) atoms. The van der Waals surface area contributed by atoms with Crippen LogP contribution in [0.3, 0.4) is 0 Å². The van der Waals surface area contributed by atoms with Crippen LogP contribution in [0.5, 0.6) is 0 Å². The number of imide groups is 1. The molecule has 1 fully saturated rings. The Morgan fingerprint density at radius 3 is 2.56 bits per heavy atom. The minimum atomic E-state index is -4.43. The zero-order chi connectivity index (χ0) is 19.4. The fourth-order valence-corrected chi connectivity index (χ4v) is 3.36. The molecule has 12 heteroatoms. The summed E-state index contributed by atoms with van der Waals surface area (Å²) in [5.74, 6) is 0.167. The molecule has 1 N–H and O–H groups in total. The number of pyridine rings is 1.